The van der Waals surface area contributed by atoms with Gasteiger partial charge in [0.2, 0.25) is 0 Å². The van der Waals surface area contributed by atoms with Gasteiger partial charge in [-0.2, -0.15) is 0 Å². The van der Waals surface area contributed by atoms with Crippen molar-refractivity contribution in [3.05, 3.63) is 52.1 Å². The van der Waals surface area contributed by atoms with Gasteiger partial charge < -0.3 is 5.11 Å². The first-order valence-corrected chi connectivity index (χ1v) is 6.18. The molecule has 0 spiro atoms. The topological polar surface area (TPSA) is 83.7 Å². The molecule has 0 amide bonds. The average Bonchev–Trinajstić information content (AvgIpc) is 2.37. The highest BCUT2D eigenvalue weighted by molar-refractivity contribution is 5.69. The van der Waals surface area contributed by atoms with Gasteiger partial charge in [0.15, 0.2) is 0 Å². The third-order valence-electron chi connectivity index (χ3n) is 3.16. The molecule has 0 aliphatic heterocycles. The standard InChI is InChI=1S/C14H18N2O4/c1-4-7-15(9-14(17)18)11(3)12-6-5-10(2)13(8-12)16(19)20/h4-6,8,11H,1,7,9H2,2-3H3,(H,17,18). The molecule has 108 valence electrons. The van der Waals surface area contributed by atoms with Crippen LogP contribution < -0.4 is 0 Å². The second-order valence-corrected chi connectivity index (χ2v) is 4.59. The van der Waals surface area contributed by atoms with Crippen LogP contribution in [-0.4, -0.2) is 34.0 Å². The first-order chi connectivity index (χ1) is 9.36. The van der Waals surface area contributed by atoms with Crippen LogP contribution in [0.1, 0.15) is 24.1 Å². The zero-order chi connectivity index (χ0) is 15.3. The molecule has 0 aliphatic carbocycles. The molecule has 0 fully saturated rings. The molecule has 0 heterocycles. The second kappa shape index (κ2) is 6.81. The van der Waals surface area contributed by atoms with E-state index in [0.29, 0.717) is 17.7 Å². The summed E-state index contributed by atoms with van der Waals surface area (Å²) in [5.74, 6) is -0.944. The van der Waals surface area contributed by atoms with Crippen molar-refractivity contribution in [2.45, 2.75) is 19.9 Å². The lowest BCUT2D eigenvalue weighted by Crippen LogP contribution is -2.32. The van der Waals surface area contributed by atoms with E-state index in [1.54, 1.807) is 30.0 Å². The molecule has 0 saturated heterocycles. The van der Waals surface area contributed by atoms with Crippen LogP contribution in [0.15, 0.2) is 30.9 Å². The third-order valence-corrected chi connectivity index (χ3v) is 3.16. The fourth-order valence-corrected chi connectivity index (χ4v) is 1.99. The fourth-order valence-electron chi connectivity index (χ4n) is 1.99. The minimum absolute atomic E-state index is 0.0447. The zero-order valence-corrected chi connectivity index (χ0v) is 11.6. The predicted molar refractivity (Wildman–Crippen MR) is 75.7 cm³/mol. The van der Waals surface area contributed by atoms with Crippen LogP contribution in [0.5, 0.6) is 0 Å². The summed E-state index contributed by atoms with van der Waals surface area (Å²) in [5.41, 5.74) is 1.34. The summed E-state index contributed by atoms with van der Waals surface area (Å²) in [6.07, 6.45) is 1.61. The van der Waals surface area contributed by atoms with Crippen molar-refractivity contribution in [2.75, 3.05) is 13.1 Å². The van der Waals surface area contributed by atoms with Crippen molar-refractivity contribution in [3.63, 3.8) is 0 Å². The molecule has 20 heavy (non-hydrogen) atoms. The van der Waals surface area contributed by atoms with E-state index in [2.05, 4.69) is 6.58 Å². The number of aryl methyl sites for hydroxylation is 1. The Labute approximate surface area is 117 Å². The molecule has 0 aromatic heterocycles. The van der Waals surface area contributed by atoms with E-state index in [4.69, 9.17) is 5.11 Å². The molecule has 6 nitrogen and oxygen atoms in total. The number of hydrogen-bond donors (Lipinski definition) is 1. The number of rotatable bonds is 7. The summed E-state index contributed by atoms with van der Waals surface area (Å²) in [6, 6.07) is 4.71. The molecule has 1 atom stereocenters. The van der Waals surface area contributed by atoms with Crippen LogP contribution in [0.25, 0.3) is 0 Å². The molecule has 1 rings (SSSR count). The summed E-state index contributed by atoms with van der Waals surface area (Å²) in [4.78, 5) is 23.1. The lowest BCUT2D eigenvalue weighted by Gasteiger charge is -2.26. The van der Waals surface area contributed by atoms with Crippen LogP contribution >= 0.6 is 0 Å². The molecule has 1 unspecified atom stereocenters. The van der Waals surface area contributed by atoms with Crippen molar-refractivity contribution in [2.24, 2.45) is 0 Å². The highest BCUT2D eigenvalue weighted by atomic mass is 16.6. The monoisotopic (exact) mass is 278 g/mol. The molecule has 0 radical (unpaired) electrons. The van der Waals surface area contributed by atoms with Gasteiger partial charge in [0.25, 0.3) is 5.69 Å². The maximum atomic E-state index is 11.0. The highest BCUT2D eigenvalue weighted by Gasteiger charge is 2.20. The lowest BCUT2D eigenvalue weighted by molar-refractivity contribution is -0.385. The van der Waals surface area contributed by atoms with Crippen molar-refractivity contribution >= 4 is 11.7 Å². The van der Waals surface area contributed by atoms with E-state index in [-0.39, 0.29) is 18.3 Å². The molecule has 0 bridgehead atoms. The number of carboxylic acids is 1. The predicted octanol–water partition coefficient (Wildman–Crippen LogP) is 2.54. The molecule has 1 N–H and O–H groups in total. The number of aliphatic carboxylic acids is 1. The fraction of sp³-hybridized carbons (Fsp3) is 0.357. The van der Waals surface area contributed by atoms with Gasteiger partial charge in [-0.1, -0.05) is 18.2 Å². The normalized spacial score (nSPS) is 12.2. The Balaban J connectivity index is 3.07. The highest BCUT2D eigenvalue weighted by Crippen LogP contribution is 2.26. The largest absolute Gasteiger partial charge is 0.480 e. The van der Waals surface area contributed by atoms with Crippen molar-refractivity contribution in [1.82, 2.24) is 4.90 Å². The Morgan fingerprint density at radius 1 is 1.60 bits per heavy atom. The maximum Gasteiger partial charge on any atom is 0.317 e. The van der Waals surface area contributed by atoms with Crippen molar-refractivity contribution in [3.8, 4) is 0 Å². The molecule has 0 saturated carbocycles. The Morgan fingerprint density at radius 2 is 2.25 bits per heavy atom. The number of hydrogen-bond acceptors (Lipinski definition) is 4. The Kier molecular flexibility index (Phi) is 5.40. The Bertz CT molecular complexity index is 528. The molecule has 1 aromatic carbocycles. The second-order valence-electron chi connectivity index (χ2n) is 4.59. The van der Waals surface area contributed by atoms with Crippen molar-refractivity contribution in [1.29, 1.82) is 0 Å². The van der Waals surface area contributed by atoms with Crippen molar-refractivity contribution < 1.29 is 14.8 Å². The summed E-state index contributed by atoms with van der Waals surface area (Å²) in [6.45, 7) is 7.35. The van der Waals surface area contributed by atoms with E-state index in [1.807, 2.05) is 6.92 Å². The minimum Gasteiger partial charge on any atom is -0.480 e. The van der Waals surface area contributed by atoms with Crippen LogP contribution in [0.2, 0.25) is 0 Å². The van der Waals surface area contributed by atoms with Gasteiger partial charge in [0.1, 0.15) is 0 Å². The van der Waals surface area contributed by atoms with Gasteiger partial charge in [0.05, 0.1) is 11.5 Å². The summed E-state index contributed by atoms with van der Waals surface area (Å²) in [7, 11) is 0. The van der Waals surface area contributed by atoms with Gasteiger partial charge in [0, 0.05) is 24.2 Å². The number of nitro benzene ring substituents is 1. The summed E-state index contributed by atoms with van der Waals surface area (Å²) < 4.78 is 0. The quantitative estimate of drug-likeness (QED) is 0.470. The van der Waals surface area contributed by atoms with Gasteiger partial charge in [-0.25, -0.2) is 0 Å². The van der Waals surface area contributed by atoms with E-state index in [0.717, 1.165) is 0 Å². The van der Waals surface area contributed by atoms with Crippen LogP contribution in [-0.2, 0) is 4.79 Å². The van der Waals surface area contributed by atoms with Gasteiger partial charge in [-0.15, -0.1) is 6.58 Å². The van der Waals surface area contributed by atoms with Gasteiger partial charge >= 0.3 is 5.97 Å². The Hall–Kier alpha value is -2.21. The summed E-state index contributed by atoms with van der Waals surface area (Å²) >= 11 is 0. The first kappa shape index (κ1) is 15.8. The van der Waals surface area contributed by atoms with E-state index < -0.39 is 10.9 Å². The molecular weight excluding hydrogens is 260 g/mol. The summed E-state index contributed by atoms with van der Waals surface area (Å²) in [5, 5.41) is 19.9. The smallest absolute Gasteiger partial charge is 0.317 e. The van der Waals surface area contributed by atoms with Gasteiger partial charge in [-0.05, 0) is 19.4 Å². The number of nitro groups is 1. The van der Waals surface area contributed by atoms with Crippen LogP contribution in [0.4, 0.5) is 5.69 Å². The van der Waals surface area contributed by atoms with Crippen LogP contribution in [0.3, 0.4) is 0 Å². The van der Waals surface area contributed by atoms with E-state index >= 15 is 0 Å². The maximum absolute atomic E-state index is 11.0. The third kappa shape index (κ3) is 3.89. The van der Waals surface area contributed by atoms with E-state index in [9.17, 15) is 14.9 Å². The molecular formula is C14H18N2O4. The molecule has 1 aromatic rings. The minimum atomic E-state index is -0.944. The van der Waals surface area contributed by atoms with Gasteiger partial charge in [-0.3, -0.25) is 19.8 Å². The lowest BCUT2D eigenvalue weighted by atomic mass is 10.0. The molecule has 6 heteroatoms. The Morgan fingerprint density at radius 3 is 2.75 bits per heavy atom. The number of nitrogens with zero attached hydrogens (tertiary/aromatic N) is 2. The first-order valence-electron chi connectivity index (χ1n) is 6.18. The van der Waals surface area contributed by atoms with E-state index in [1.165, 1.54) is 6.07 Å². The van der Waals surface area contributed by atoms with Crippen LogP contribution in [0, 0.1) is 17.0 Å². The SMILES string of the molecule is C=CCN(CC(=O)O)C(C)c1ccc(C)c([N+](=O)[O-])c1. The number of benzene rings is 1. The number of carboxylic acid groups (broad SMARTS) is 1. The number of carbonyl (C=O) groups is 1. The zero-order valence-electron chi connectivity index (χ0n) is 11.6. The average molecular weight is 278 g/mol. The molecule has 0 aliphatic rings.